The van der Waals surface area contributed by atoms with Crippen molar-refractivity contribution < 1.29 is 14.3 Å². The number of carbonyl (C=O) groups is 1. The fraction of sp³-hybridized carbons (Fsp3) is 0.500. The quantitative estimate of drug-likeness (QED) is 0.837. The van der Waals surface area contributed by atoms with E-state index in [0.29, 0.717) is 44.6 Å². The molecule has 2 aromatic heterocycles. The van der Waals surface area contributed by atoms with Crippen molar-refractivity contribution in [2.75, 3.05) is 32.9 Å². The summed E-state index contributed by atoms with van der Waals surface area (Å²) in [6.45, 7) is 4.95. The summed E-state index contributed by atoms with van der Waals surface area (Å²) < 4.78 is 13.4. The lowest BCUT2D eigenvalue weighted by Crippen LogP contribution is -2.38. The van der Waals surface area contributed by atoms with Crippen LogP contribution in [0.25, 0.3) is 0 Å². The van der Waals surface area contributed by atoms with Crippen LogP contribution in [0.4, 0.5) is 0 Å². The molecule has 0 aliphatic carbocycles. The molecule has 4 heterocycles. The minimum absolute atomic E-state index is 0.0630. The Bertz CT molecular complexity index is 790. The monoisotopic (exact) mass is 342 g/mol. The maximum atomic E-state index is 12.8. The van der Waals surface area contributed by atoms with Gasteiger partial charge in [0, 0.05) is 44.1 Å². The molecule has 4 rings (SSSR count). The van der Waals surface area contributed by atoms with E-state index in [1.165, 1.54) is 0 Å². The van der Waals surface area contributed by atoms with E-state index in [1.54, 1.807) is 6.20 Å². The molecule has 1 amide bonds. The molecule has 0 saturated carbocycles. The van der Waals surface area contributed by atoms with Crippen LogP contribution in [0.2, 0.25) is 0 Å². The Hall–Kier alpha value is -2.41. The molecule has 0 bridgehead atoms. The Balaban J connectivity index is 1.49. The molecule has 0 radical (unpaired) electrons. The number of aromatic nitrogens is 3. The van der Waals surface area contributed by atoms with E-state index in [1.807, 2.05) is 47.8 Å². The van der Waals surface area contributed by atoms with Crippen LogP contribution in [0.15, 0.2) is 30.6 Å². The molecule has 0 unspecified atom stereocenters. The zero-order valence-corrected chi connectivity index (χ0v) is 14.5. The maximum absolute atomic E-state index is 12.8. The molecule has 2 saturated heterocycles. The first kappa shape index (κ1) is 16.1. The minimum atomic E-state index is -0.187. The molecule has 2 fully saturated rings. The summed E-state index contributed by atoms with van der Waals surface area (Å²) in [5.74, 6) is 0.342. The predicted molar refractivity (Wildman–Crippen MR) is 90.3 cm³/mol. The fourth-order valence-corrected chi connectivity index (χ4v) is 3.74. The zero-order chi connectivity index (χ0) is 17.4. The first-order valence-corrected chi connectivity index (χ1v) is 8.48. The summed E-state index contributed by atoms with van der Waals surface area (Å²) >= 11 is 0. The van der Waals surface area contributed by atoms with Crippen molar-refractivity contribution >= 4 is 5.91 Å². The van der Waals surface area contributed by atoms with Crippen molar-refractivity contribution in [2.45, 2.75) is 6.92 Å². The lowest BCUT2D eigenvalue weighted by Gasteiger charge is -2.26. The van der Waals surface area contributed by atoms with Gasteiger partial charge in [0.25, 0.3) is 5.91 Å². The minimum Gasteiger partial charge on any atom is -0.463 e. The van der Waals surface area contributed by atoms with Crippen molar-refractivity contribution in [1.82, 2.24) is 19.4 Å². The summed E-state index contributed by atoms with van der Waals surface area (Å²) in [4.78, 5) is 23.2. The standard InChI is InChI=1S/C18H22N4O3/c1-13-5-6-19-17(20-13)25-12-18-10-22(8-14(18)9-24-11-18)16(23)15-4-3-7-21(15)2/h3-7,14H,8-12H2,1-2H3/t14-,18+/m1/s1. The van der Waals surface area contributed by atoms with Crippen LogP contribution in [0.1, 0.15) is 16.2 Å². The van der Waals surface area contributed by atoms with Gasteiger partial charge in [-0.05, 0) is 25.1 Å². The Morgan fingerprint density at radius 3 is 3.12 bits per heavy atom. The van der Waals surface area contributed by atoms with Gasteiger partial charge in [-0.3, -0.25) is 4.79 Å². The molecule has 7 nitrogen and oxygen atoms in total. The molecule has 7 heteroatoms. The van der Waals surface area contributed by atoms with Gasteiger partial charge in [0.2, 0.25) is 0 Å². The van der Waals surface area contributed by atoms with Gasteiger partial charge in [0.05, 0.1) is 18.6 Å². The molecule has 2 aromatic rings. The Kier molecular flexibility index (Phi) is 3.95. The molecule has 0 spiro atoms. The first-order valence-electron chi connectivity index (χ1n) is 8.48. The third-order valence-electron chi connectivity index (χ3n) is 5.23. The van der Waals surface area contributed by atoms with Gasteiger partial charge in [-0.25, -0.2) is 9.97 Å². The van der Waals surface area contributed by atoms with Crippen molar-refractivity contribution in [3.8, 4) is 6.01 Å². The maximum Gasteiger partial charge on any atom is 0.316 e. The highest BCUT2D eigenvalue weighted by atomic mass is 16.5. The summed E-state index contributed by atoms with van der Waals surface area (Å²) in [5.41, 5.74) is 1.39. The van der Waals surface area contributed by atoms with Crippen molar-refractivity contribution in [3.63, 3.8) is 0 Å². The number of rotatable bonds is 4. The smallest absolute Gasteiger partial charge is 0.316 e. The second kappa shape index (κ2) is 6.15. The zero-order valence-electron chi connectivity index (χ0n) is 14.5. The highest BCUT2D eigenvalue weighted by Crippen LogP contribution is 2.42. The van der Waals surface area contributed by atoms with E-state index in [9.17, 15) is 4.79 Å². The van der Waals surface area contributed by atoms with E-state index in [4.69, 9.17) is 9.47 Å². The number of fused-ring (bicyclic) bond motifs is 1. The average Bonchev–Trinajstić information content (AvgIpc) is 3.26. The third-order valence-corrected chi connectivity index (χ3v) is 5.23. The van der Waals surface area contributed by atoms with E-state index >= 15 is 0 Å². The van der Waals surface area contributed by atoms with Crippen LogP contribution in [0.5, 0.6) is 6.01 Å². The molecule has 2 aliphatic heterocycles. The van der Waals surface area contributed by atoms with Crippen molar-refractivity contribution in [2.24, 2.45) is 18.4 Å². The summed E-state index contributed by atoms with van der Waals surface area (Å²) in [5, 5.41) is 0. The molecule has 25 heavy (non-hydrogen) atoms. The van der Waals surface area contributed by atoms with Crippen LogP contribution in [-0.4, -0.2) is 58.3 Å². The van der Waals surface area contributed by atoms with E-state index in [-0.39, 0.29) is 17.2 Å². The van der Waals surface area contributed by atoms with Gasteiger partial charge in [0.1, 0.15) is 12.3 Å². The van der Waals surface area contributed by atoms with Crippen molar-refractivity contribution in [1.29, 1.82) is 0 Å². The van der Waals surface area contributed by atoms with Gasteiger partial charge in [0.15, 0.2) is 0 Å². The molecule has 0 aromatic carbocycles. The molecule has 0 N–H and O–H groups in total. The van der Waals surface area contributed by atoms with Gasteiger partial charge >= 0.3 is 6.01 Å². The summed E-state index contributed by atoms with van der Waals surface area (Å²) in [6.07, 6.45) is 3.58. The first-order chi connectivity index (χ1) is 12.1. The van der Waals surface area contributed by atoms with E-state index < -0.39 is 0 Å². The topological polar surface area (TPSA) is 69.5 Å². The van der Waals surface area contributed by atoms with Crippen LogP contribution in [-0.2, 0) is 11.8 Å². The molecular weight excluding hydrogens is 320 g/mol. The van der Waals surface area contributed by atoms with Gasteiger partial charge < -0.3 is 18.9 Å². The van der Waals surface area contributed by atoms with Crippen LogP contribution < -0.4 is 4.74 Å². The Labute approximate surface area is 146 Å². The van der Waals surface area contributed by atoms with Crippen LogP contribution in [0, 0.1) is 18.3 Å². The van der Waals surface area contributed by atoms with Gasteiger partial charge in [-0.15, -0.1) is 0 Å². The average molecular weight is 342 g/mol. The molecule has 2 atom stereocenters. The number of likely N-dealkylation sites (tertiary alicyclic amines) is 1. The molecule has 2 aliphatic rings. The van der Waals surface area contributed by atoms with Crippen molar-refractivity contribution in [3.05, 3.63) is 42.0 Å². The van der Waals surface area contributed by atoms with Crippen LogP contribution >= 0.6 is 0 Å². The van der Waals surface area contributed by atoms with E-state index in [0.717, 1.165) is 5.69 Å². The summed E-state index contributed by atoms with van der Waals surface area (Å²) in [7, 11) is 1.89. The van der Waals surface area contributed by atoms with E-state index in [2.05, 4.69) is 9.97 Å². The van der Waals surface area contributed by atoms with Crippen LogP contribution in [0.3, 0.4) is 0 Å². The number of hydrogen-bond acceptors (Lipinski definition) is 5. The number of amides is 1. The lowest BCUT2D eigenvalue weighted by atomic mass is 9.82. The number of nitrogens with zero attached hydrogens (tertiary/aromatic N) is 4. The molecular formula is C18H22N4O3. The normalized spacial score (nSPS) is 25.2. The second-order valence-electron chi connectivity index (χ2n) is 7.03. The SMILES string of the molecule is Cc1ccnc(OC[C@]23COC[C@H]2CN(C(=O)c2cccn2C)C3)n1. The number of ether oxygens (including phenoxy) is 2. The number of hydrogen-bond donors (Lipinski definition) is 0. The Morgan fingerprint density at radius 1 is 1.48 bits per heavy atom. The van der Waals surface area contributed by atoms with Gasteiger partial charge in [-0.2, -0.15) is 0 Å². The summed E-state index contributed by atoms with van der Waals surface area (Å²) in [6, 6.07) is 5.97. The second-order valence-corrected chi connectivity index (χ2v) is 7.03. The van der Waals surface area contributed by atoms with Gasteiger partial charge in [-0.1, -0.05) is 0 Å². The predicted octanol–water partition coefficient (Wildman–Crippen LogP) is 1.29. The fourth-order valence-electron chi connectivity index (χ4n) is 3.74. The third kappa shape index (κ3) is 2.89. The Morgan fingerprint density at radius 2 is 2.36 bits per heavy atom. The lowest BCUT2D eigenvalue weighted by molar-refractivity contribution is 0.0642. The molecule has 132 valence electrons. The number of carbonyl (C=O) groups excluding carboxylic acids is 1. The largest absolute Gasteiger partial charge is 0.463 e. The number of aryl methyl sites for hydroxylation is 2. The highest BCUT2D eigenvalue weighted by Gasteiger charge is 2.52. The highest BCUT2D eigenvalue weighted by molar-refractivity contribution is 5.93.